The molecule has 0 saturated heterocycles. The van der Waals surface area contributed by atoms with Crippen molar-refractivity contribution in [1.29, 1.82) is 0 Å². The number of hydrogen-bond donors (Lipinski definition) is 0. The zero-order valence-electron chi connectivity index (χ0n) is 14.0. The molecule has 3 rings (SSSR count). The van der Waals surface area contributed by atoms with Crippen LogP contribution >= 0.6 is 11.3 Å². The second-order valence-electron chi connectivity index (χ2n) is 5.90. The fourth-order valence-corrected chi connectivity index (χ4v) is 3.52. The van der Waals surface area contributed by atoms with Crippen LogP contribution in [0.2, 0.25) is 0 Å². The molecule has 0 fully saturated rings. The lowest BCUT2D eigenvalue weighted by Gasteiger charge is -2.18. The quantitative estimate of drug-likeness (QED) is 0.612. The number of thiazole rings is 1. The van der Waals surface area contributed by atoms with Crippen LogP contribution in [-0.2, 0) is 12.6 Å². The summed E-state index contributed by atoms with van der Waals surface area (Å²) in [6.07, 6.45) is -0.930. The second-order valence-corrected chi connectivity index (χ2v) is 6.84. The van der Waals surface area contributed by atoms with Crippen LogP contribution in [-0.4, -0.2) is 9.97 Å². The summed E-state index contributed by atoms with van der Waals surface area (Å²) in [5.74, 6) is 0. The lowest BCUT2D eigenvalue weighted by molar-refractivity contribution is -0.138. The van der Waals surface area contributed by atoms with Gasteiger partial charge in [0.05, 0.1) is 16.3 Å². The fraction of sp³-hybridized carbons (Fsp3) is 0.263. The first kappa shape index (κ1) is 17.6. The summed E-state index contributed by atoms with van der Waals surface area (Å²) in [5.41, 5.74) is 3.17. The summed E-state index contributed by atoms with van der Waals surface area (Å²) in [6.45, 7) is 5.22. The smallest absolute Gasteiger partial charge is 0.264 e. The van der Waals surface area contributed by atoms with Gasteiger partial charge in [-0.3, -0.25) is 4.98 Å². The van der Waals surface area contributed by atoms with Gasteiger partial charge in [0, 0.05) is 29.8 Å². The largest absolute Gasteiger partial charge is 0.417 e. The van der Waals surface area contributed by atoms with Gasteiger partial charge < -0.3 is 0 Å². The van der Waals surface area contributed by atoms with Gasteiger partial charge >= 0.3 is 6.18 Å². The van der Waals surface area contributed by atoms with Crippen molar-refractivity contribution in [2.75, 3.05) is 0 Å². The Hall–Kier alpha value is -2.21. The van der Waals surface area contributed by atoms with Gasteiger partial charge in [0.15, 0.2) is 0 Å². The van der Waals surface area contributed by atoms with Gasteiger partial charge in [0.1, 0.15) is 0 Å². The van der Waals surface area contributed by atoms with Gasteiger partial charge in [-0.15, -0.1) is 11.3 Å². The van der Waals surface area contributed by atoms with E-state index in [0.29, 0.717) is 16.1 Å². The van der Waals surface area contributed by atoms with Gasteiger partial charge in [-0.2, -0.15) is 13.2 Å². The minimum atomic E-state index is -4.43. The number of rotatable bonds is 3. The van der Waals surface area contributed by atoms with Crippen molar-refractivity contribution >= 4 is 11.3 Å². The summed E-state index contributed by atoms with van der Waals surface area (Å²) in [6, 6.07) is 6.21. The van der Waals surface area contributed by atoms with E-state index >= 15 is 0 Å². The number of nitrogens with zero attached hydrogens (tertiary/aromatic N) is 2. The van der Waals surface area contributed by atoms with E-state index in [9.17, 15) is 13.2 Å². The molecule has 0 N–H and O–H groups in total. The van der Waals surface area contributed by atoms with E-state index in [1.54, 1.807) is 32.3 Å². The molecule has 0 atom stereocenters. The average Bonchev–Trinajstić information content (AvgIpc) is 3.03. The van der Waals surface area contributed by atoms with Gasteiger partial charge in [0.25, 0.3) is 0 Å². The molecule has 6 heteroatoms. The molecule has 1 aromatic carbocycles. The van der Waals surface area contributed by atoms with Gasteiger partial charge in [-0.05, 0) is 61.2 Å². The highest BCUT2D eigenvalue weighted by Crippen LogP contribution is 2.37. The van der Waals surface area contributed by atoms with Gasteiger partial charge in [-0.1, -0.05) is 0 Å². The normalized spacial score (nSPS) is 11.8. The number of halogens is 3. The molecule has 129 valence electrons. The summed E-state index contributed by atoms with van der Waals surface area (Å²) >= 11 is 1.36. The third-order valence-corrected chi connectivity index (χ3v) is 5.16. The van der Waals surface area contributed by atoms with Gasteiger partial charge in [0.2, 0.25) is 0 Å². The molecule has 25 heavy (non-hydrogen) atoms. The second kappa shape index (κ2) is 6.59. The number of aryl methyl sites for hydroxylation is 1. The maximum absolute atomic E-state index is 13.5. The molecule has 1 radical (unpaired) electrons. The molecule has 0 aliphatic rings. The molecule has 0 aliphatic carbocycles. The Morgan fingerprint density at radius 2 is 1.92 bits per heavy atom. The van der Waals surface area contributed by atoms with Crippen molar-refractivity contribution in [3.63, 3.8) is 0 Å². The molecule has 0 saturated carbocycles. The summed E-state index contributed by atoms with van der Waals surface area (Å²) in [5, 5.41) is 2.49. The van der Waals surface area contributed by atoms with E-state index in [1.165, 1.54) is 11.3 Å². The van der Waals surface area contributed by atoms with E-state index < -0.39 is 11.7 Å². The lowest BCUT2D eigenvalue weighted by Crippen LogP contribution is -2.13. The Kier molecular flexibility index (Phi) is 4.64. The van der Waals surface area contributed by atoms with Crippen molar-refractivity contribution < 1.29 is 13.2 Å². The maximum Gasteiger partial charge on any atom is 0.417 e. The standard InChI is InChI=1S/C19H16F3N2S/c1-11-7-16(19(20,21)22)15(13(3)12(11)2)8-18-24-17(10-25-18)14-5-4-6-23-9-14/h4-6,9-10H,8H2,1-3H3. The Labute approximate surface area is 148 Å². The number of benzene rings is 1. The molecule has 0 unspecified atom stereocenters. The van der Waals surface area contributed by atoms with Crippen LogP contribution in [0, 0.1) is 26.8 Å². The SMILES string of the molecule is Cc1[c]c(C(F)(F)F)c(Cc2nc(-c3cccnc3)cs2)c(C)c1C. The highest BCUT2D eigenvalue weighted by Gasteiger charge is 2.35. The Morgan fingerprint density at radius 3 is 2.56 bits per heavy atom. The fourth-order valence-electron chi connectivity index (χ4n) is 2.70. The van der Waals surface area contributed by atoms with Crippen molar-refractivity contribution in [2.24, 2.45) is 0 Å². The zero-order valence-corrected chi connectivity index (χ0v) is 14.8. The van der Waals surface area contributed by atoms with Crippen LogP contribution < -0.4 is 0 Å². The molecule has 0 aliphatic heterocycles. The number of aromatic nitrogens is 2. The van der Waals surface area contributed by atoms with E-state index in [-0.39, 0.29) is 12.0 Å². The van der Waals surface area contributed by atoms with Crippen LogP contribution in [0.1, 0.15) is 32.8 Å². The zero-order chi connectivity index (χ0) is 18.2. The maximum atomic E-state index is 13.5. The van der Waals surface area contributed by atoms with Crippen molar-refractivity contribution in [1.82, 2.24) is 9.97 Å². The molecule has 0 amide bonds. The van der Waals surface area contributed by atoms with Crippen molar-refractivity contribution in [2.45, 2.75) is 33.4 Å². The number of hydrogen-bond acceptors (Lipinski definition) is 3. The lowest BCUT2D eigenvalue weighted by atomic mass is 9.91. The van der Waals surface area contributed by atoms with Crippen LogP contribution in [0.4, 0.5) is 13.2 Å². The van der Waals surface area contributed by atoms with Crippen LogP contribution in [0.25, 0.3) is 11.3 Å². The predicted molar refractivity (Wildman–Crippen MR) is 92.6 cm³/mol. The Bertz CT molecular complexity index is 899. The minimum Gasteiger partial charge on any atom is -0.264 e. The third kappa shape index (κ3) is 3.58. The molecule has 0 spiro atoms. The van der Waals surface area contributed by atoms with Gasteiger partial charge in [-0.25, -0.2) is 4.98 Å². The van der Waals surface area contributed by atoms with Crippen molar-refractivity contribution in [3.05, 3.63) is 68.8 Å². The van der Waals surface area contributed by atoms with Crippen LogP contribution in [0.3, 0.4) is 0 Å². The van der Waals surface area contributed by atoms with Crippen LogP contribution in [0.5, 0.6) is 0 Å². The molecule has 2 heterocycles. The topological polar surface area (TPSA) is 25.8 Å². The number of pyridine rings is 1. The highest BCUT2D eigenvalue weighted by atomic mass is 32.1. The van der Waals surface area contributed by atoms with Crippen LogP contribution in [0.15, 0.2) is 29.9 Å². The predicted octanol–water partition coefficient (Wildman–Crippen LogP) is 5.54. The Balaban J connectivity index is 2.01. The number of alkyl halides is 3. The molecule has 0 bridgehead atoms. The van der Waals surface area contributed by atoms with E-state index in [2.05, 4.69) is 16.0 Å². The third-order valence-electron chi connectivity index (χ3n) is 4.31. The van der Waals surface area contributed by atoms with E-state index in [1.807, 2.05) is 18.4 Å². The molecular weight excluding hydrogens is 345 g/mol. The summed E-state index contributed by atoms with van der Waals surface area (Å²) < 4.78 is 40.4. The first-order valence-corrected chi connectivity index (χ1v) is 8.59. The Morgan fingerprint density at radius 1 is 1.16 bits per heavy atom. The first-order chi connectivity index (χ1) is 11.8. The monoisotopic (exact) mass is 361 g/mol. The molecule has 2 nitrogen and oxygen atoms in total. The van der Waals surface area contributed by atoms with E-state index in [4.69, 9.17) is 0 Å². The average molecular weight is 361 g/mol. The molecular formula is C19H16F3N2S. The van der Waals surface area contributed by atoms with Crippen molar-refractivity contribution in [3.8, 4) is 11.3 Å². The van der Waals surface area contributed by atoms with E-state index in [0.717, 1.165) is 16.8 Å². The minimum absolute atomic E-state index is 0.142. The molecule has 2 aromatic heterocycles. The highest BCUT2D eigenvalue weighted by molar-refractivity contribution is 7.10. The summed E-state index contributed by atoms with van der Waals surface area (Å²) in [4.78, 5) is 8.54. The summed E-state index contributed by atoms with van der Waals surface area (Å²) in [7, 11) is 0. The first-order valence-electron chi connectivity index (χ1n) is 7.71. The molecule has 3 aromatic rings.